The number of nitrogens with one attached hydrogen (secondary N) is 3. The number of hydrogen-bond acceptors (Lipinski definition) is 6. The SMILES string of the molecule is CC(NC(=O)C(NC(=O)CNC(=O)CN)C(C)C)C(=O)O.O=C(O)C(F)(F)F. The Kier molecular flexibility index (Phi) is 12.2. The lowest BCUT2D eigenvalue weighted by molar-refractivity contribution is -0.192. The molecule has 0 aromatic heterocycles. The first-order valence-electron chi connectivity index (χ1n) is 7.72. The number of nitrogens with two attached hydrogens (primary N) is 1. The fourth-order valence-corrected chi connectivity index (χ4v) is 1.38. The smallest absolute Gasteiger partial charge is 0.480 e. The molecule has 14 heteroatoms. The predicted octanol–water partition coefficient (Wildman–Crippen LogP) is -1.58. The average Bonchev–Trinajstić information content (AvgIpc) is 2.56. The Hall–Kier alpha value is -2.90. The van der Waals surface area contributed by atoms with Gasteiger partial charge in [0.25, 0.3) is 0 Å². The van der Waals surface area contributed by atoms with Gasteiger partial charge in [-0.1, -0.05) is 13.8 Å². The highest BCUT2D eigenvalue weighted by Gasteiger charge is 2.38. The van der Waals surface area contributed by atoms with Crippen LogP contribution < -0.4 is 21.7 Å². The summed E-state index contributed by atoms with van der Waals surface area (Å²) >= 11 is 0. The van der Waals surface area contributed by atoms with Gasteiger partial charge in [0.05, 0.1) is 13.1 Å². The molecular formula is C14H23F3N4O7. The van der Waals surface area contributed by atoms with Crippen molar-refractivity contribution in [2.24, 2.45) is 11.7 Å². The van der Waals surface area contributed by atoms with Crippen LogP contribution in [-0.4, -0.2) is 71.2 Å². The molecular weight excluding hydrogens is 393 g/mol. The van der Waals surface area contributed by atoms with E-state index in [9.17, 15) is 32.3 Å². The minimum atomic E-state index is -5.08. The zero-order chi connectivity index (χ0) is 22.7. The minimum Gasteiger partial charge on any atom is -0.480 e. The molecule has 0 aliphatic carbocycles. The Morgan fingerprint density at radius 2 is 1.43 bits per heavy atom. The van der Waals surface area contributed by atoms with Crippen molar-refractivity contribution in [3.05, 3.63) is 0 Å². The monoisotopic (exact) mass is 416 g/mol. The van der Waals surface area contributed by atoms with E-state index in [0.29, 0.717) is 0 Å². The minimum absolute atomic E-state index is 0.239. The maximum Gasteiger partial charge on any atom is 0.490 e. The van der Waals surface area contributed by atoms with E-state index >= 15 is 0 Å². The zero-order valence-corrected chi connectivity index (χ0v) is 15.3. The van der Waals surface area contributed by atoms with E-state index in [0.717, 1.165) is 0 Å². The fraction of sp³-hybridized carbons (Fsp3) is 0.643. The summed E-state index contributed by atoms with van der Waals surface area (Å²) in [5, 5.41) is 22.9. The standard InChI is InChI=1S/C12H22N4O5.C2HF3O2/c1-6(2)10(11(19)15-7(3)12(20)21)16-9(18)5-14-8(17)4-13;3-2(4,5)1(6)7/h6-7,10H,4-5,13H2,1-3H3,(H,14,17)(H,15,19)(H,16,18)(H,20,21);(H,6,7). The van der Waals surface area contributed by atoms with Crippen molar-refractivity contribution >= 4 is 29.7 Å². The van der Waals surface area contributed by atoms with E-state index in [2.05, 4.69) is 16.0 Å². The third kappa shape index (κ3) is 12.5. The first-order chi connectivity index (χ1) is 12.6. The molecule has 0 saturated heterocycles. The van der Waals surface area contributed by atoms with Gasteiger partial charge in [0.2, 0.25) is 17.7 Å². The topological polar surface area (TPSA) is 188 Å². The number of rotatable bonds is 8. The van der Waals surface area contributed by atoms with Crippen molar-refractivity contribution in [1.29, 1.82) is 0 Å². The van der Waals surface area contributed by atoms with E-state index in [4.69, 9.17) is 20.7 Å². The summed E-state index contributed by atoms with van der Waals surface area (Å²) in [4.78, 5) is 54.1. The summed E-state index contributed by atoms with van der Waals surface area (Å²) in [5.74, 6) is -5.83. The third-order valence-corrected chi connectivity index (χ3v) is 2.87. The molecule has 0 aromatic rings. The molecule has 0 aliphatic heterocycles. The highest BCUT2D eigenvalue weighted by Crippen LogP contribution is 2.13. The Bertz CT molecular complexity index is 582. The highest BCUT2D eigenvalue weighted by atomic mass is 19.4. The molecule has 0 heterocycles. The number of hydrogen-bond donors (Lipinski definition) is 6. The van der Waals surface area contributed by atoms with E-state index < -0.39 is 47.9 Å². The second-order valence-electron chi connectivity index (χ2n) is 5.64. The molecule has 2 unspecified atom stereocenters. The van der Waals surface area contributed by atoms with E-state index in [1.54, 1.807) is 13.8 Å². The summed E-state index contributed by atoms with van der Waals surface area (Å²) < 4.78 is 31.7. The summed E-state index contributed by atoms with van der Waals surface area (Å²) in [6, 6.07) is -1.96. The number of carboxylic acid groups (broad SMARTS) is 2. The Morgan fingerprint density at radius 1 is 0.964 bits per heavy atom. The number of amides is 3. The lowest BCUT2D eigenvalue weighted by atomic mass is 10.0. The molecule has 0 aromatic carbocycles. The molecule has 11 nitrogen and oxygen atoms in total. The van der Waals surface area contributed by atoms with Crippen molar-refractivity contribution in [2.75, 3.05) is 13.1 Å². The Labute approximate surface area is 157 Å². The van der Waals surface area contributed by atoms with Crippen LogP contribution in [0, 0.1) is 5.92 Å². The number of halogens is 3. The van der Waals surface area contributed by atoms with Crippen LogP contribution in [0.3, 0.4) is 0 Å². The highest BCUT2D eigenvalue weighted by molar-refractivity contribution is 5.92. The first kappa shape index (κ1) is 27.3. The summed E-state index contributed by atoms with van der Waals surface area (Å²) in [5.41, 5.74) is 5.08. The summed E-state index contributed by atoms with van der Waals surface area (Å²) in [6.07, 6.45) is -5.08. The van der Waals surface area contributed by atoms with Crippen LogP contribution in [0.1, 0.15) is 20.8 Å². The maximum absolute atomic E-state index is 11.9. The molecule has 0 saturated carbocycles. The average molecular weight is 416 g/mol. The Balaban J connectivity index is 0. The molecule has 0 rings (SSSR count). The molecule has 0 aliphatic rings. The molecule has 28 heavy (non-hydrogen) atoms. The van der Waals surface area contributed by atoms with Crippen LogP contribution in [0.4, 0.5) is 13.2 Å². The number of alkyl halides is 3. The number of carboxylic acids is 2. The van der Waals surface area contributed by atoms with Gasteiger partial charge in [-0.25, -0.2) is 4.79 Å². The van der Waals surface area contributed by atoms with Gasteiger partial charge < -0.3 is 31.9 Å². The van der Waals surface area contributed by atoms with Gasteiger partial charge in [0, 0.05) is 0 Å². The number of aliphatic carboxylic acids is 2. The molecule has 7 N–H and O–H groups in total. The molecule has 0 fully saturated rings. The predicted molar refractivity (Wildman–Crippen MR) is 87.8 cm³/mol. The van der Waals surface area contributed by atoms with Gasteiger partial charge in [-0.05, 0) is 12.8 Å². The van der Waals surface area contributed by atoms with Gasteiger partial charge in [-0.2, -0.15) is 13.2 Å². The van der Waals surface area contributed by atoms with E-state index in [1.807, 2.05) is 0 Å². The van der Waals surface area contributed by atoms with Gasteiger partial charge in [0.15, 0.2) is 0 Å². The van der Waals surface area contributed by atoms with Crippen molar-refractivity contribution in [3.8, 4) is 0 Å². The van der Waals surface area contributed by atoms with Gasteiger partial charge in [0.1, 0.15) is 12.1 Å². The van der Waals surface area contributed by atoms with E-state index in [1.165, 1.54) is 6.92 Å². The Morgan fingerprint density at radius 3 is 1.75 bits per heavy atom. The van der Waals surface area contributed by atoms with Crippen molar-refractivity contribution < 1.29 is 47.4 Å². The van der Waals surface area contributed by atoms with Gasteiger partial charge >= 0.3 is 18.1 Å². The van der Waals surface area contributed by atoms with Crippen LogP contribution in [-0.2, 0) is 24.0 Å². The van der Waals surface area contributed by atoms with Crippen molar-refractivity contribution in [1.82, 2.24) is 16.0 Å². The van der Waals surface area contributed by atoms with Crippen LogP contribution in [0.15, 0.2) is 0 Å². The zero-order valence-electron chi connectivity index (χ0n) is 15.3. The van der Waals surface area contributed by atoms with Crippen LogP contribution in [0.2, 0.25) is 0 Å². The second kappa shape index (κ2) is 12.5. The van der Waals surface area contributed by atoms with Crippen LogP contribution in [0.25, 0.3) is 0 Å². The summed E-state index contributed by atoms with van der Waals surface area (Å²) in [6.45, 7) is 4.18. The van der Waals surface area contributed by atoms with E-state index in [-0.39, 0.29) is 19.0 Å². The lowest BCUT2D eigenvalue weighted by Gasteiger charge is -2.23. The molecule has 3 amide bonds. The largest absolute Gasteiger partial charge is 0.490 e. The number of carbonyl (C=O) groups excluding carboxylic acids is 3. The number of carbonyl (C=O) groups is 5. The molecule has 2 atom stereocenters. The van der Waals surface area contributed by atoms with Crippen LogP contribution >= 0.6 is 0 Å². The van der Waals surface area contributed by atoms with Crippen molar-refractivity contribution in [3.63, 3.8) is 0 Å². The normalized spacial score (nSPS) is 12.7. The molecule has 0 radical (unpaired) electrons. The quantitative estimate of drug-likeness (QED) is 0.273. The third-order valence-electron chi connectivity index (χ3n) is 2.87. The van der Waals surface area contributed by atoms with Crippen molar-refractivity contribution in [2.45, 2.75) is 39.0 Å². The first-order valence-corrected chi connectivity index (χ1v) is 7.72. The molecule has 0 bridgehead atoms. The van der Waals surface area contributed by atoms with Crippen LogP contribution in [0.5, 0.6) is 0 Å². The molecule has 0 spiro atoms. The van der Waals surface area contributed by atoms with Gasteiger partial charge in [-0.15, -0.1) is 0 Å². The maximum atomic E-state index is 11.9. The lowest BCUT2D eigenvalue weighted by Crippen LogP contribution is -2.54. The fourth-order valence-electron chi connectivity index (χ4n) is 1.38. The summed E-state index contributed by atoms with van der Waals surface area (Å²) in [7, 11) is 0. The second-order valence-corrected chi connectivity index (χ2v) is 5.64. The van der Waals surface area contributed by atoms with Gasteiger partial charge in [-0.3, -0.25) is 19.2 Å². The molecule has 162 valence electrons.